The molecule has 0 aliphatic heterocycles. The summed E-state index contributed by atoms with van der Waals surface area (Å²) in [6.45, 7) is 3.46. The smallest absolute Gasteiger partial charge is 0.389 e. The van der Waals surface area contributed by atoms with Crippen molar-refractivity contribution in [3.8, 4) is 5.75 Å². The zero-order chi connectivity index (χ0) is 13.8. The van der Waals surface area contributed by atoms with E-state index < -0.39 is 18.7 Å². The Balaban J connectivity index is 2.57. The topological polar surface area (TPSA) is 29.5 Å². The first-order valence-corrected chi connectivity index (χ1v) is 5.78. The summed E-state index contributed by atoms with van der Waals surface area (Å²) in [6, 6.07) is 5.24. The third-order valence-electron chi connectivity index (χ3n) is 2.48. The minimum absolute atomic E-state index is 0.0116. The van der Waals surface area contributed by atoms with Gasteiger partial charge in [0.25, 0.3) is 0 Å². The Morgan fingerprint density at radius 2 is 2.00 bits per heavy atom. The predicted molar refractivity (Wildman–Crippen MR) is 62.6 cm³/mol. The van der Waals surface area contributed by atoms with Gasteiger partial charge in [0.05, 0.1) is 12.7 Å². The molecule has 0 radical (unpaired) electrons. The Bertz CT molecular complexity index is 386. The van der Waals surface area contributed by atoms with Crippen molar-refractivity contribution >= 4 is 0 Å². The van der Waals surface area contributed by atoms with Gasteiger partial charge in [0.2, 0.25) is 0 Å². The van der Waals surface area contributed by atoms with Gasteiger partial charge in [0.1, 0.15) is 5.75 Å². The van der Waals surface area contributed by atoms with Crippen LogP contribution in [-0.4, -0.2) is 17.9 Å². The van der Waals surface area contributed by atoms with Gasteiger partial charge in [-0.25, -0.2) is 0 Å². The van der Waals surface area contributed by atoms with Crippen LogP contribution in [0.25, 0.3) is 0 Å². The third kappa shape index (κ3) is 4.96. The van der Waals surface area contributed by atoms with Crippen LogP contribution in [0.3, 0.4) is 0 Å². The third-order valence-corrected chi connectivity index (χ3v) is 2.48. The number of halogens is 3. The first-order valence-electron chi connectivity index (χ1n) is 5.78. The lowest BCUT2D eigenvalue weighted by Crippen LogP contribution is -2.10. The summed E-state index contributed by atoms with van der Waals surface area (Å²) in [5, 5.41) is 9.55. The van der Waals surface area contributed by atoms with E-state index in [1.807, 2.05) is 6.92 Å². The lowest BCUT2D eigenvalue weighted by molar-refractivity contribution is -0.136. The highest BCUT2D eigenvalue weighted by Crippen LogP contribution is 2.27. The van der Waals surface area contributed by atoms with Gasteiger partial charge in [-0.15, -0.1) is 0 Å². The quantitative estimate of drug-likeness (QED) is 0.818. The van der Waals surface area contributed by atoms with E-state index in [-0.39, 0.29) is 13.0 Å². The number of aliphatic hydroxyl groups is 1. The number of hydrogen-bond acceptors (Lipinski definition) is 2. The summed E-state index contributed by atoms with van der Waals surface area (Å²) in [5.74, 6) is 0.442. The van der Waals surface area contributed by atoms with Crippen molar-refractivity contribution in [2.45, 2.75) is 39.0 Å². The highest BCUT2D eigenvalue weighted by molar-refractivity contribution is 5.38. The number of benzene rings is 1. The van der Waals surface area contributed by atoms with Crippen LogP contribution in [0.5, 0.6) is 5.75 Å². The summed E-state index contributed by atoms with van der Waals surface area (Å²) in [6.07, 6.45) is -5.80. The molecule has 1 N–H and O–H groups in total. The fourth-order valence-corrected chi connectivity index (χ4v) is 1.58. The normalized spacial score (nSPS) is 13.4. The van der Waals surface area contributed by atoms with Crippen molar-refractivity contribution in [2.75, 3.05) is 6.61 Å². The molecule has 1 atom stereocenters. The molecule has 0 amide bonds. The van der Waals surface area contributed by atoms with Crippen molar-refractivity contribution in [1.29, 1.82) is 0 Å². The van der Waals surface area contributed by atoms with Crippen LogP contribution < -0.4 is 4.74 Å². The molecule has 0 spiro atoms. The summed E-state index contributed by atoms with van der Waals surface area (Å²) < 4.78 is 41.1. The van der Waals surface area contributed by atoms with Crippen molar-refractivity contribution < 1.29 is 23.0 Å². The maximum atomic E-state index is 11.9. The summed E-state index contributed by atoms with van der Waals surface area (Å²) in [7, 11) is 0. The van der Waals surface area contributed by atoms with Crippen LogP contribution in [-0.2, 0) is 0 Å². The Labute approximate surface area is 104 Å². The van der Waals surface area contributed by atoms with E-state index in [0.29, 0.717) is 11.3 Å². The number of ether oxygens (including phenoxy) is 1. The zero-order valence-electron chi connectivity index (χ0n) is 10.4. The van der Waals surface area contributed by atoms with Crippen molar-refractivity contribution in [1.82, 2.24) is 0 Å². The first-order chi connectivity index (χ1) is 8.29. The summed E-state index contributed by atoms with van der Waals surface area (Å²) in [4.78, 5) is 0. The standard InChI is InChI=1S/C13H17F3O2/c1-9-4-5-12(11(8-9)10(2)17)18-7-3-6-13(14,15)16/h4-5,8,10,17H,3,6-7H2,1-2H3/t10-/m0/s1. The van der Waals surface area contributed by atoms with Gasteiger partial charge < -0.3 is 9.84 Å². The Morgan fingerprint density at radius 3 is 2.56 bits per heavy atom. The number of aliphatic hydroxyl groups excluding tert-OH is 1. The maximum Gasteiger partial charge on any atom is 0.389 e. The molecule has 2 nitrogen and oxygen atoms in total. The number of alkyl halides is 3. The zero-order valence-corrected chi connectivity index (χ0v) is 10.4. The van der Waals surface area contributed by atoms with Crippen molar-refractivity contribution in [3.63, 3.8) is 0 Å². The molecule has 0 aliphatic carbocycles. The van der Waals surface area contributed by atoms with E-state index >= 15 is 0 Å². The van der Waals surface area contributed by atoms with Crippen LogP contribution in [0.2, 0.25) is 0 Å². The predicted octanol–water partition coefficient (Wildman–Crippen LogP) is 3.77. The van der Waals surface area contributed by atoms with Gasteiger partial charge in [-0.1, -0.05) is 11.6 Å². The van der Waals surface area contributed by atoms with Gasteiger partial charge in [0, 0.05) is 12.0 Å². The lowest BCUT2D eigenvalue weighted by atomic mass is 10.1. The lowest BCUT2D eigenvalue weighted by Gasteiger charge is -2.14. The molecule has 5 heteroatoms. The number of hydrogen-bond donors (Lipinski definition) is 1. The van der Waals surface area contributed by atoms with Crippen LogP contribution in [0.1, 0.15) is 37.0 Å². The van der Waals surface area contributed by atoms with E-state index in [0.717, 1.165) is 5.56 Å². The van der Waals surface area contributed by atoms with Gasteiger partial charge in [-0.3, -0.25) is 0 Å². The minimum Gasteiger partial charge on any atom is -0.493 e. The molecule has 0 unspecified atom stereocenters. The van der Waals surface area contributed by atoms with Gasteiger partial charge in [0.15, 0.2) is 0 Å². The molecule has 1 aromatic carbocycles. The Hall–Kier alpha value is -1.23. The second-order valence-electron chi connectivity index (χ2n) is 4.28. The van der Waals surface area contributed by atoms with Crippen LogP contribution >= 0.6 is 0 Å². The van der Waals surface area contributed by atoms with E-state index in [4.69, 9.17) is 4.74 Å². The second-order valence-corrected chi connectivity index (χ2v) is 4.28. The van der Waals surface area contributed by atoms with Crippen molar-refractivity contribution in [2.24, 2.45) is 0 Å². The molecule has 0 saturated heterocycles. The van der Waals surface area contributed by atoms with Gasteiger partial charge in [-0.2, -0.15) is 13.2 Å². The van der Waals surface area contributed by atoms with E-state index in [1.54, 1.807) is 25.1 Å². The first kappa shape index (κ1) is 14.8. The molecular formula is C13H17F3O2. The largest absolute Gasteiger partial charge is 0.493 e. The summed E-state index contributed by atoms with van der Waals surface area (Å²) >= 11 is 0. The van der Waals surface area contributed by atoms with Crippen LogP contribution in [0.4, 0.5) is 13.2 Å². The minimum atomic E-state index is -4.15. The molecule has 0 aliphatic rings. The average Bonchev–Trinajstić information content (AvgIpc) is 2.24. The van der Waals surface area contributed by atoms with E-state index in [1.165, 1.54) is 0 Å². The fraction of sp³-hybridized carbons (Fsp3) is 0.538. The number of rotatable bonds is 5. The van der Waals surface area contributed by atoms with Crippen LogP contribution in [0, 0.1) is 6.92 Å². The molecule has 18 heavy (non-hydrogen) atoms. The highest BCUT2D eigenvalue weighted by Gasteiger charge is 2.26. The van der Waals surface area contributed by atoms with E-state index in [9.17, 15) is 18.3 Å². The van der Waals surface area contributed by atoms with Gasteiger partial charge >= 0.3 is 6.18 Å². The maximum absolute atomic E-state index is 11.9. The van der Waals surface area contributed by atoms with Crippen molar-refractivity contribution in [3.05, 3.63) is 29.3 Å². The molecule has 1 rings (SSSR count). The molecule has 0 fully saturated rings. The second kappa shape index (κ2) is 6.09. The summed E-state index contributed by atoms with van der Waals surface area (Å²) in [5.41, 5.74) is 1.57. The Kier molecular flexibility index (Phi) is 5.02. The molecule has 0 heterocycles. The molecule has 0 saturated carbocycles. The Morgan fingerprint density at radius 1 is 1.33 bits per heavy atom. The van der Waals surface area contributed by atoms with Crippen LogP contribution in [0.15, 0.2) is 18.2 Å². The van der Waals surface area contributed by atoms with Gasteiger partial charge in [-0.05, 0) is 32.4 Å². The van der Waals surface area contributed by atoms with E-state index in [2.05, 4.69) is 0 Å². The SMILES string of the molecule is Cc1ccc(OCCCC(F)(F)F)c([C@H](C)O)c1. The average molecular weight is 262 g/mol. The molecular weight excluding hydrogens is 245 g/mol. The highest BCUT2D eigenvalue weighted by atomic mass is 19.4. The monoisotopic (exact) mass is 262 g/mol. The molecule has 102 valence electrons. The fourth-order valence-electron chi connectivity index (χ4n) is 1.58. The molecule has 0 aromatic heterocycles. The molecule has 1 aromatic rings. The molecule has 0 bridgehead atoms. The number of aryl methyl sites for hydroxylation is 1.